The molecule has 1 aliphatic heterocycles. The van der Waals surface area contributed by atoms with Crippen molar-refractivity contribution in [1.82, 2.24) is 4.90 Å². The highest BCUT2D eigenvalue weighted by atomic mass is 19.1. The maximum absolute atomic E-state index is 13.2. The fourth-order valence-corrected chi connectivity index (χ4v) is 3.09. The first-order valence-corrected chi connectivity index (χ1v) is 8.50. The summed E-state index contributed by atoms with van der Waals surface area (Å²) < 4.78 is 13.2. The molecule has 2 amide bonds. The van der Waals surface area contributed by atoms with E-state index in [9.17, 15) is 14.0 Å². The predicted octanol–water partition coefficient (Wildman–Crippen LogP) is 3.25. The van der Waals surface area contributed by atoms with Gasteiger partial charge in [0.15, 0.2) is 0 Å². The van der Waals surface area contributed by atoms with E-state index < -0.39 is 0 Å². The molecule has 0 radical (unpaired) electrons. The van der Waals surface area contributed by atoms with Crippen LogP contribution in [0.2, 0.25) is 0 Å². The van der Waals surface area contributed by atoms with Gasteiger partial charge in [0.25, 0.3) is 0 Å². The van der Waals surface area contributed by atoms with E-state index in [1.165, 1.54) is 12.1 Å². The number of anilines is 1. The summed E-state index contributed by atoms with van der Waals surface area (Å²) in [5, 5.41) is 2.92. The minimum atomic E-state index is -0.332. The van der Waals surface area contributed by atoms with E-state index in [1.54, 1.807) is 17.0 Å². The number of amides is 2. The first-order valence-electron chi connectivity index (χ1n) is 8.50. The van der Waals surface area contributed by atoms with Crippen LogP contribution in [0.5, 0.6) is 0 Å². The van der Waals surface area contributed by atoms with Crippen LogP contribution >= 0.6 is 0 Å². The number of halogens is 1. The van der Waals surface area contributed by atoms with Gasteiger partial charge in [0.05, 0.1) is 6.42 Å². The lowest BCUT2D eigenvalue weighted by molar-refractivity contribution is -0.133. The minimum absolute atomic E-state index is 0.00318. The number of rotatable bonds is 4. The van der Waals surface area contributed by atoms with Gasteiger partial charge >= 0.3 is 0 Å². The highest BCUT2D eigenvalue weighted by molar-refractivity contribution is 5.92. The standard InChI is InChI=1S/C20H21FN2O2/c21-17-6-4-5-15(13-17)14-19(24)23-11-9-16(10-12-23)20(25)22-18-7-2-1-3-8-18/h1-8,13,16H,9-12,14H2,(H,22,25). The molecule has 1 heterocycles. The number of likely N-dealkylation sites (tertiary alicyclic amines) is 1. The Kier molecular flexibility index (Phi) is 5.43. The van der Waals surface area contributed by atoms with Gasteiger partial charge in [0, 0.05) is 24.7 Å². The number of carbonyl (C=O) groups is 2. The molecule has 0 unspecified atom stereocenters. The highest BCUT2D eigenvalue weighted by Crippen LogP contribution is 2.20. The Bertz CT molecular complexity index is 740. The molecule has 130 valence electrons. The number of piperidine rings is 1. The molecule has 0 saturated carbocycles. The molecule has 4 nitrogen and oxygen atoms in total. The molecule has 0 bridgehead atoms. The van der Waals surface area contributed by atoms with E-state index >= 15 is 0 Å². The maximum atomic E-state index is 13.2. The molecule has 0 aliphatic carbocycles. The third-order valence-corrected chi connectivity index (χ3v) is 4.50. The Balaban J connectivity index is 1.49. The zero-order chi connectivity index (χ0) is 17.6. The lowest BCUT2D eigenvalue weighted by atomic mass is 9.95. The van der Waals surface area contributed by atoms with Crippen molar-refractivity contribution in [3.05, 3.63) is 66.0 Å². The lowest BCUT2D eigenvalue weighted by Crippen LogP contribution is -2.42. The second kappa shape index (κ2) is 7.92. The molecule has 2 aromatic rings. The number of nitrogens with one attached hydrogen (secondary N) is 1. The number of benzene rings is 2. The van der Waals surface area contributed by atoms with Gasteiger partial charge in [-0.1, -0.05) is 30.3 Å². The Morgan fingerprint density at radius 1 is 1.04 bits per heavy atom. The number of nitrogens with zero attached hydrogens (tertiary/aromatic N) is 1. The molecule has 1 N–H and O–H groups in total. The van der Waals surface area contributed by atoms with E-state index in [-0.39, 0.29) is 30.0 Å². The van der Waals surface area contributed by atoms with Gasteiger partial charge in [0.2, 0.25) is 11.8 Å². The summed E-state index contributed by atoms with van der Waals surface area (Å²) in [4.78, 5) is 26.4. The molecule has 25 heavy (non-hydrogen) atoms. The SMILES string of the molecule is O=C(Nc1ccccc1)C1CCN(C(=O)Cc2cccc(F)c2)CC1. The monoisotopic (exact) mass is 340 g/mol. The molecule has 0 atom stereocenters. The molecule has 1 saturated heterocycles. The average Bonchev–Trinajstić information content (AvgIpc) is 2.62. The first kappa shape index (κ1) is 17.1. The fraction of sp³-hybridized carbons (Fsp3) is 0.300. The zero-order valence-electron chi connectivity index (χ0n) is 14.0. The van der Waals surface area contributed by atoms with Crippen molar-refractivity contribution in [2.45, 2.75) is 19.3 Å². The average molecular weight is 340 g/mol. The third kappa shape index (κ3) is 4.66. The number of hydrogen-bond donors (Lipinski definition) is 1. The summed E-state index contributed by atoms with van der Waals surface area (Å²) in [6.07, 6.45) is 1.49. The molecule has 0 spiro atoms. The van der Waals surface area contributed by atoms with Gasteiger partial charge in [-0.05, 0) is 42.7 Å². The van der Waals surface area contributed by atoms with Gasteiger partial charge in [-0.15, -0.1) is 0 Å². The Morgan fingerprint density at radius 2 is 1.76 bits per heavy atom. The van der Waals surface area contributed by atoms with Crippen molar-refractivity contribution in [1.29, 1.82) is 0 Å². The topological polar surface area (TPSA) is 49.4 Å². The van der Waals surface area contributed by atoms with Crippen molar-refractivity contribution in [3.63, 3.8) is 0 Å². The molecule has 2 aromatic carbocycles. The molecular weight excluding hydrogens is 319 g/mol. The molecular formula is C20H21FN2O2. The summed E-state index contributed by atoms with van der Waals surface area (Å²) in [5.41, 5.74) is 1.46. The number of carbonyl (C=O) groups excluding carboxylic acids is 2. The van der Waals surface area contributed by atoms with Crippen LogP contribution in [0.3, 0.4) is 0 Å². The van der Waals surface area contributed by atoms with Crippen molar-refractivity contribution < 1.29 is 14.0 Å². The zero-order valence-corrected chi connectivity index (χ0v) is 14.0. The van der Waals surface area contributed by atoms with Gasteiger partial charge in [-0.3, -0.25) is 9.59 Å². The van der Waals surface area contributed by atoms with E-state index in [2.05, 4.69) is 5.32 Å². The van der Waals surface area contributed by atoms with E-state index in [4.69, 9.17) is 0 Å². The van der Waals surface area contributed by atoms with Crippen LogP contribution in [0.4, 0.5) is 10.1 Å². The van der Waals surface area contributed by atoms with Crippen molar-refractivity contribution in [3.8, 4) is 0 Å². The quantitative estimate of drug-likeness (QED) is 0.929. The van der Waals surface area contributed by atoms with Gasteiger partial charge < -0.3 is 10.2 Å². The van der Waals surface area contributed by atoms with Gasteiger partial charge in [0.1, 0.15) is 5.82 Å². The van der Waals surface area contributed by atoms with Crippen LogP contribution in [-0.4, -0.2) is 29.8 Å². The van der Waals surface area contributed by atoms with Gasteiger partial charge in [-0.2, -0.15) is 0 Å². The minimum Gasteiger partial charge on any atom is -0.342 e. The van der Waals surface area contributed by atoms with Crippen LogP contribution < -0.4 is 5.32 Å². The Labute approximate surface area is 146 Å². The normalized spacial score (nSPS) is 15.0. The Hall–Kier alpha value is -2.69. The number of hydrogen-bond acceptors (Lipinski definition) is 2. The fourth-order valence-electron chi connectivity index (χ4n) is 3.09. The lowest BCUT2D eigenvalue weighted by Gasteiger charge is -2.31. The second-order valence-corrected chi connectivity index (χ2v) is 6.32. The summed E-state index contributed by atoms with van der Waals surface area (Å²) in [5.74, 6) is -0.434. The summed E-state index contributed by atoms with van der Waals surface area (Å²) in [6.45, 7) is 1.11. The predicted molar refractivity (Wildman–Crippen MR) is 94.5 cm³/mol. The van der Waals surface area contributed by atoms with Crippen molar-refractivity contribution in [2.75, 3.05) is 18.4 Å². The second-order valence-electron chi connectivity index (χ2n) is 6.32. The highest BCUT2D eigenvalue weighted by Gasteiger charge is 2.27. The van der Waals surface area contributed by atoms with Crippen molar-refractivity contribution in [2.24, 2.45) is 5.92 Å². The van der Waals surface area contributed by atoms with Crippen LogP contribution in [0.1, 0.15) is 18.4 Å². The number of para-hydroxylation sites is 1. The molecule has 0 aromatic heterocycles. The summed E-state index contributed by atoms with van der Waals surface area (Å²) >= 11 is 0. The van der Waals surface area contributed by atoms with E-state index in [1.807, 2.05) is 30.3 Å². The van der Waals surface area contributed by atoms with Crippen LogP contribution in [-0.2, 0) is 16.0 Å². The summed E-state index contributed by atoms with van der Waals surface area (Å²) in [7, 11) is 0. The van der Waals surface area contributed by atoms with Crippen molar-refractivity contribution >= 4 is 17.5 Å². The maximum Gasteiger partial charge on any atom is 0.227 e. The summed E-state index contributed by atoms with van der Waals surface area (Å²) in [6, 6.07) is 15.5. The molecule has 5 heteroatoms. The van der Waals surface area contributed by atoms with Crippen LogP contribution in [0, 0.1) is 11.7 Å². The Morgan fingerprint density at radius 3 is 2.44 bits per heavy atom. The van der Waals surface area contributed by atoms with Gasteiger partial charge in [-0.25, -0.2) is 4.39 Å². The van der Waals surface area contributed by atoms with Crippen LogP contribution in [0.25, 0.3) is 0 Å². The van der Waals surface area contributed by atoms with E-state index in [0.717, 1.165) is 5.69 Å². The third-order valence-electron chi connectivity index (χ3n) is 4.50. The molecule has 3 rings (SSSR count). The molecule has 1 aliphatic rings. The van der Waals surface area contributed by atoms with Crippen LogP contribution in [0.15, 0.2) is 54.6 Å². The molecule has 1 fully saturated rings. The van der Waals surface area contributed by atoms with E-state index in [0.29, 0.717) is 31.5 Å². The smallest absolute Gasteiger partial charge is 0.227 e. The largest absolute Gasteiger partial charge is 0.342 e. The first-order chi connectivity index (χ1) is 12.1.